The zero-order valence-electron chi connectivity index (χ0n) is 14.7. The Kier molecular flexibility index (Phi) is 10.8. The summed E-state index contributed by atoms with van der Waals surface area (Å²) in [6.07, 6.45) is 2.31. The Morgan fingerprint density at radius 1 is 0.607 bits per heavy atom. The fourth-order valence-corrected chi connectivity index (χ4v) is 2.40. The number of carboxylic acid groups (broad SMARTS) is 3. The molecule has 156 valence electrons. The molecule has 12 nitrogen and oxygen atoms in total. The topological polar surface area (TPSA) is 199 Å². The SMILES string of the molecule is O=C1CCC(C(=O)O)N1.O=C1CCC(C(=O)O)N1.O=C1CCC(C(=O)O)N1.[Cr]. The molecule has 3 fully saturated rings. The van der Waals surface area contributed by atoms with Crippen molar-refractivity contribution in [2.75, 3.05) is 0 Å². The molecule has 0 aromatic heterocycles. The Labute approximate surface area is 170 Å². The summed E-state index contributed by atoms with van der Waals surface area (Å²) < 4.78 is 0. The van der Waals surface area contributed by atoms with Crippen LogP contribution in [0.1, 0.15) is 38.5 Å². The van der Waals surface area contributed by atoms with Crippen LogP contribution in [0.4, 0.5) is 0 Å². The van der Waals surface area contributed by atoms with Crippen molar-refractivity contribution < 1.29 is 61.4 Å². The molecule has 3 heterocycles. The van der Waals surface area contributed by atoms with Crippen LogP contribution in [-0.4, -0.2) is 69.1 Å². The van der Waals surface area contributed by atoms with Gasteiger partial charge in [-0.2, -0.15) is 0 Å². The number of rotatable bonds is 3. The van der Waals surface area contributed by atoms with Crippen LogP contribution >= 0.6 is 0 Å². The van der Waals surface area contributed by atoms with Gasteiger partial charge in [0.05, 0.1) is 0 Å². The van der Waals surface area contributed by atoms with Gasteiger partial charge >= 0.3 is 17.9 Å². The second-order valence-corrected chi connectivity index (χ2v) is 5.99. The minimum atomic E-state index is -0.944. The molecule has 3 unspecified atom stereocenters. The van der Waals surface area contributed by atoms with Gasteiger partial charge in [0.1, 0.15) is 18.1 Å². The normalized spacial score (nSPS) is 24.9. The predicted octanol–water partition coefficient (Wildman–Crippen LogP) is -1.95. The first-order valence-corrected chi connectivity index (χ1v) is 8.16. The maximum Gasteiger partial charge on any atom is 0.326 e. The van der Waals surface area contributed by atoms with Crippen LogP contribution in [-0.2, 0) is 46.1 Å². The van der Waals surface area contributed by atoms with Gasteiger partial charge in [-0.05, 0) is 19.3 Å². The Balaban J connectivity index is 0.000000384. The summed E-state index contributed by atoms with van der Waals surface area (Å²) in [5, 5.41) is 31.9. The summed E-state index contributed by atoms with van der Waals surface area (Å²) in [6, 6.07) is -1.92. The van der Waals surface area contributed by atoms with Crippen molar-refractivity contribution in [2.24, 2.45) is 0 Å². The number of aliphatic carboxylic acids is 3. The van der Waals surface area contributed by atoms with E-state index >= 15 is 0 Å². The van der Waals surface area contributed by atoms with Crippen LogP contribution in [0.3, 0.4) is 0 Å². The van der Waals surface area contributed by atoms with Crippen molar-refractivity contribution in [3.05, 3.63) is 0 Å². The van der Waals surface area contributed by atoms with Crippen LogP contribution in [0.15, 0.2) is 0 Å². The van der Waals surface area contributed by atoms with Gasteiger partial charge in [-0.1, -0.05) is 0 Å². The van der Waals surface area contributed by atoms with Crippen LogP contribution in [0.5, 0.6) is 0 Å². The van der Waals surface area contributed by atoms with Gasteiger partial charge in [0.25, 0.3) is 0 Å². The van der Waals surface area contributed by atoms with Gasteiger partial charge in [-0.3, -0.25) is 14.4 Å². The van der Waals surface area contributed by atoms with E-state index in [-0.39, 0.29) is 35.1 Å². The second kappa shape index (κ2) is 11.9. The molecule has 0 aromatic rings. The van der Waals surface area contributed by atoms with E-state index in [2.05, 4.69) is 16.0 Å². The van der Waals surface area contributed by atoms with Gasteiger partial charge in [-0.25, -0.2) is 14.4 Å². The molecule has 13 heteroatoms. The number of amides is 3. The van der Waals surface area contributed by atoms with Gasteiger partial charge in [-0.15, -0.1) is 0 Å². The number of carbonyl (C=O) groups excluding carboxylic acids is 3. The largest absolute Gasteiger partial charge is 0.480 e. The molecule has 28 heavy (non-hydrogen) atoms. The minimum Gasteiger partial charge on any atom is -0.480 e. The van der Waals surface area contributed by atoms with E-state index in [4.69, 9.17) is 15.3 Å². The van der Waals surface area contributed by atoms with Crippen molar-refractivity contribution in [3.63, 3.8) is 0 Å². The van der Waals surface area contributed by atoms with Crippen molar-refractivity contribution in [1.82, 2.24) is 16.0 Å². The van der Waals surface area contributed by atoms with E-state index in [1.165, 1.54) is 0 Å². The van der Waals surface area contributed by atoms with Crippen LogP contribution in [0.25, 0.3) is 0 Å². The van der Waals surface area contributed by atoms with E-state index in [0.29, 0.717) is 38.5 Å². The van der Waals surface area contributed by atoms with Crippen LogP contribution in [0.2, 0.25) is 0 Å². The maximum atomic E-state index is 10.4. The summed E-state index contributed by atoms with van der Waals surface area (Å²) in [5.74, 6) is -3.32. The average molecular weight is 439 g/mol. The summed E-state index contributed by atoms with van der Waals surface area (Å²) in [4.78, 5) is 61.5. The molecule has 3 amide bonds. The van der Waals surface area contributed by atoms with Crippen molar-refractivity contribution in [3.8, 4) is 0 Å². The Hall–Kier alpha value is -2.65. The summed E-state index contributed by atoms with van der Waals surface area (Å²) >= 11 is 0. The molecule has 0 aliphatic carbocycles. The molecule has 0 saturated carbocycles. The maximum absolute atomic E-state index is 10.4. The molecule has 3 aliphatic rings. The number of hydrogen-bond donors (Lipinski definition) is 6. The van der Waals surface area contributed by atoms with E-state index in [1.54, 1.807) is 0 Å². The summed E-state index contributed by atoms with van der Waals surface area (Å²) in [6.45, 7) is 0. The van der Waals surface area contributed by atoms with E-state index in [0.717, 1.165) is 0 Å². The van der Waals surface area contributed by atoms with Crippen molar-refractivity contribution >= 4 is 35.6 Å². The minimum absolute atomic E-state index is 0. The van der Waals surface area contributed by atoms with Gasteiger partial charge in [0, 0.05) is 36.6 Å². The molecular formula is C15H21CrN3O9. The molecule has 3 saturated heterocycles. The second-order valence-electron chi connectivity index (χ2n) is 5.99. The number of carboxylic acids is 3. The monoisotopic (exact) mass is 439 g/mol. The fraction of sp³-hybridized carbons (Fsp3) is 0.600. The number of hydrogen-bond acceptors (Lipinski definition) is 6. The summed E-state index contributed by atoms with van der Waals surface area (Å²) in [5.41, 5.74) is 0. The zero-order chi connectivity index (χ0) is 20.6. The third-order valence-corrected chi connectivity index (χ3v) is 3.88. The van der Waals surface area contributed by atoms with Crippen molar-refractivity contribution in [1.29, 1.82) is 0 Å². The molecular weight excluding hydrogens is 418 g/mol. The first-order valence-electron chi connectivity index (χ1n) is 8.16. The molecule has 6 N–H and O–H groups in total. The van der Waals surface area contributed by atoms with Gasteiger partial charge in [0.15, 0.2) is 0 Å². The fourth-order valence-electron chi connectivity index (χ4n) is 2.40. The van der Waals surface area contributed by atoms with E-state index in [9.17, 15) is 28.8 Å². The first kappa shape index (κ1) is 25.4. The smallest absolute Gasteiger partial charge is 0.326 e. The summed E-state index contributed by atoms with van der Waals surface area (Å²) in [7, 11) is 0. The quantitative estimate of drug-likeness (QED) is 0.289. The standard InChI is InChI=1S/3C5H7NO3.Cr/c3*7-4-2-1-3(6-4)5(8)9;/h3*3H,1-2H2,(H,6,7)(H,8,9);. The molecule has 0 spiro atoms. The third-order valence-electron chi connectivity index (χ3n) is 3.88. The van der Waals surface area contributed by atoms with Crippen LogP contribution in [0, 0.1) is 0 Å². The molecule has 3 rings (SSSR count). The molecule has 0 radical (unpaired) electrons. The number of nitrogens with one attached hydrogen (secondary N) is 3. The van der Waals surface area contributed by atoms with Gasteiger partial charge < -0.3 is 31.3 Å². The Morgan fingerprint density at radius 2 is 0.821 bits per heavy atom. The first-order chi connectivity index (χ1) is 12.6. The molecule has 0 bridgehead atoms. The zero-order valence-corrected chi connectivity index (χ0v) is 15.9. The Bertz CT molecular complexity index is 555. The van der Waals surface area contributed by atoms with Gasteiger partial charge in [0.2, 0.25) is 17.7 Å². The molecule has 3 aliphatic heterocycles. The van der Waals surface area contributed by atoms with E-state index < -0.39 is 36.0 Å². The third kappa shape index (κ3) is 8.83. The predicted molar refractivity (Wildman–Crippen MR) is 86.4 cm³/mol. The number of carbonyl (C=O) groups is 6. The van der Waals surface area contributed by atoms with E-state index in [1.807, 2.05) is 0 Å². The molecule has 3 atom stereocenters. The van der Waals surface area contributed by atoms with Crippen molar-refractivity contribution in [2.45, 2.75) is 56.7 Å². The van der Waals surface area contributed by atoms with Crippen LogP contribution < -0.4 is 16.0 Å². The Morgan fingerprint density at radius 3 is 0.893 bits per heavy atom. The molecule has 0 aromatic carbocycles. The average Bonchev–Trinajstić information content (AvgIpc) is 3.30.